The first-order chi connectivity index (χ1) is 11.1. The molecule has 0 aromatic heterocycles. The zero-order valence-corrected chi connectivity index (χ0v) is 13.0. The van der Waals surface area contributed by atoms with Crippen molar-refractivity contribution in [2.75, 3.05) is 7.11 Å². The van der Waals surface area contributed by atoms with Crippen molar-refractivity contribution in [2.45, 2.75) is 19.6 Å². The van der Waals surface area contributed by atoms with Gasteiger partial charge in [0, 0.05) is 0 Å². The fourth-order valence-corrected chi connectivity index (χ4v) is 1.90. The number of esters is 1. The van der Waals surface area contributed by atoms with E-state index in [-0.39, 0.29) is 0 Å². The lowest BCUT2D eigenvalue weighted by Crippen LogP contribution is -2.13. The fourth-order valence-electron chi connectivity index (χ4n) is 1.90. The number of nitriles is 1. The maximum Gasteiger partial charge on any atom is 0.339 e. The van der Waals surface area contributed by atoms with Crippen LogP contribution in [0.1, 0.15) is 22.8 Å². The SMILES string of the molecule is COc1cc(C(=O)O[C@@H](C)C#N)ccc1OCc1ccccc1. The van der Waals surface area contributed by atoms with Crippen molar-refractivity contribution >= 4 is 5.97 Å². The summed E-state index contributed by atoms with van der Waals surface area (Å²) in [6.45, 7) is 1.90. The van der Waals surface area contributed by atoms with E-state index in [1.807, 2.05) is 36.4 Å². The number of rotatable bonds is 6. The van der Waals surface area contributed by atoms with Gasteiger partial charge in [-0.3, -0.25) is 0 Å². The van der Waals surface area contributed by atoms with Gasteiger partial charge in [-0.1, -0.05) is 30.3 Å². The van der Waals surface area contributed by atoms with Crippen LogP contribution < -0.4 is 9.47 Å². The topological polar surface area (TPSA) is 68.5 Å². The lowest BCUT2D eigenvalue weighted by molar-refractivity contribution is 0.0435. The Morgan fingerprint density at radius 3 is 2.57 bits per heavy atom. The standard InChI is InChI=1S/C18H17NO4/c1-13(11-19)23-18(20)15-8-9-16(17(10-15)21-2)22-12-14-6-4-3-5-7-14/h3-10,13H,12H2,1-2H3/t13-/m0/s1. The molecule has 23 heavy (non-hydrogen) atoms. The van der Waals surface area contributed by atoms with Crippen molar-refractivity contribution in [3.8, 4) is 17.6 Å². The maximum absolute atomic E-state index is 11.9. The van der Waals surface area contributed by atoms with Crippen LogP contribution in [0.15, 0.2) is 48.5 Å². The Morgan fingerprint density at radius 2 is 1.91 bits per heavy atom. The molecule has 0 saturated carbocycles. The first kappa shape index (κ1) is 16.4. The third kappa shape index (κ3) is 4.48. The molecular formula is C18H17NO4. The van der Waals surface area contributed by atoms with Crippen molar-refractivity contribution in [3.63, 3.8) is 0 Å². The third-order valence-corrected chi connectivity index (χ3v) is 3.10. The second kappa shape index (κ2) is 7.85. The second-order valence-corrected chi connectivity index (χ2v) is 4.82. The molecule has 2 aromatic carbocycles. The Hall–Kier alpha value is -3.00. The number of benzene rings is 2. The second-order valence-electron chi connectivity index (χ2n) is 4.82. The average molecular weight is 311 g/mol. The van der Waals surface area contributed by atoms with E-state index in [0.29, 0.717) is 23.7 Å². The Kier molecular flexibility index (Phi) is 5.59. The monoisotopic (exact) mass is 311 g/mol. The van der Waals surface area contributed by atoms with Crippen LogP contribution in [0.3, 0.4) is 0 Å². The summed E-state index contributed by atoms with van der Waals surface area (Å²) in [4.78, 5) is 11.9. The molecule has 0 saturated heterocycles. The molecule has 5 nitrogen and oxygen atoms in total. The number of ether oxygens (including phenoxy) is 3. The molecule has 0 radical (unpaired) electrons. The maximum atomic E-state index is 11.9. The van der Waals surface area contributed by atoms with Gasteiger partial charge in [-0.2, -0.15) is 5.26 Å². The summed E-state index contributed by atoms with van der Waals surface area (Å²) in [6.07, 6.45) is -0.803. The molecule has 2 rings (SSSR count). The minimum Gasteiger partial charge on any atom is -0.493 e. The largest absolute Gasteiger partial charge is 0.493 e. The van der Waals surface area contributed by atoms with Crippen LogP contribution in [0.2, 0.25) is 0 Å². The van der Waals surface area contributed by atoms with E-state index in [0.717, 1.165) is 5.56 Å². The summed E-state index contributed by atoms with van der Waals surface area (Å²) in [5, 5.41) is 8.68. The predicted octanol–water partition coefficient (Wildman–Crippen LogP) is 3.34. The first-order valence-corrected chi connectivity index (χ1v) is 7.09. The molecule has 0 bridgehead atoms. The lowest BCUT2D eigenvalue weighted by atomic mass is 10.2. The van der Waals surface area contributed by atoms with Crippen LogP contribution in [0.4, 0.5) is 0 Å². The van der Waals surface area contributed by atoms with Gasteiger partial charge in [-0.15, -0.1) is 0 Å². The van der Waals surface area contributed by atoms with Gasteiger partial charge < -0.3 is 14.2 Å². The Bertz CT molecular complexity index is 707. The van der Waals surface area contributed by atoms with Gasteiger partial charge >= 0.3 is 5.97 Å². The molecule has 1 atom stereocenters. The number of methoxy groups -OCH3 is 1. The lowest BCUT2D eigenvalue weighted by Gasteiger charge is -2.12. The highest BCUT2D eigenvalue weighted by Crippen LogP contribution is 2.29. The number of hydrogen-bond donors (Lipinski definition) is 0. The van der Waals surface area contributed by atoms with Crippen LogP contribution in [0, 0.1) is 11.3 Å². The minimum atomic E-state index is -0.803. The Labute approximate surface area is 135 Å². The van der Waals surface area contributed by atoms with Gasteiger partial charge in [0.15, 0.2) is 17.6 Å². The van der Waals surface area contributed by atoms with Crippen LogP contribution in [0.25, 0.3) is 0 Å². The highest BCUT2D eigenvalue weighted by atomic mass is 16.5. The summed E-state index contributed by atoms with van der Waals surface area (Å²) in [7, 11) is 1.50. The molecule has 0 fully saturated rings. The summed E-state index contributed by atoms with van der Waals surface area (Å²) in [5.74, 6) is 0.383. The molecule has 0 unspecified atom stereocenters. The van der Waals surface area contributed by atoms with Gasteiger partial charge in [-0.05, 0) is 30.7 Å². The van der Waals surface area contributed by atoms with Crippen molar-refractivity contribution < 1.29 is 19.0 Å². The van der Waals surface area contributed by atoms with Gasteiger partial charge in [0.05, 0.1) is 12.7 Å². The van der Waals surface area contributed by atoms with Crippen LogP contribution >= 0.6 is 0 Å². The van der Waals surface area contributed by atoms with Crippen LogP contribution in [0.5, 0.6) is 11.5 Å². The minimum absolute atomic E-state index is 0.302. The number of carbonyl (C=O) groups excluding carboxylic acids is 1. The Balaban J connectivity index is 2.10. The van der Waals surface area contributed by atoms with Gasteiger partial charge in [0.2, 0.25) is 0 Å². The van der Waals surface area contributed by atoms with E-state index in [4.69, 9.17) is 19.5 Å². The summed E-state index contributed by atoms with van der Waals surface area (Å²) in [5.41, 5.74) is 1.33. The summed E-state index contributed by atoms with van der Waals surface area (Å²) in [6, 6.07) is 16.3. The van der Waals surface area contributed by atoms with Crippen LogP contribution in [-0.4, -0.2) is 19.2 Å². The van der Waals surface area contributed by atoms with Gasteiger partial charge in [0.25, 0.3) is 0 Å². The molecule has 5 heteroatoms. The quantitative estimate of drug-likeness (QED) is 0.765. The molecule has 0 aliphatic carbocycles. The van der Waals surface area contributed by atoms with E-state index in [9.17, 15) is 4.79 Å². The molecule has 0 amide bonds. The number of carbonyl (C=O) groups is 1. The third-order valence-electron chi connectivity index (χ3n) is 3.10. The predicted molar refractivity (Wildman–Crippen MR) is 84.3 cm³/mol. The fraction of sp³-hybridized carbons (Fsp3) is 0.222. The van der Waals surface area contributed by atoms with E-state index in [1.54, 1.807) is 12.1 Å². The average Bonchev–Trinajstić information content (AvgIpc) is 2.60. The normalized spacial score (nSPS) is 11.2. The van der Waals surface area contributed by atoms with E-state index in [2.05, 4.69) is 0 Å². The van der Waals surface area contributed by atoms with Crippen molar-refractivity contribution in [1.29, 1.82) is 5.26 Å². The molecule has 2 aromatic rings. The first-order valence-electron chi connectivity index (χ1n) is 7.09. The highest BCUT2D eigenvalue weighted by Gasteiger charge is 2.14. The van der Waals surface area contributed by atoms with Gasteiger partial charge in [-0.25, -0.2) is 4.79 Å². The molecular weight excluding hydrogens is 294 g/mol. The van der Waals surface area contributed by atoms with Crippen molar-refractivity contribution in [1.82, 2.24) is 0 Å². The zero-order valence-electron chi connectivity index (χ0n) is 13.0. The molecule has 0 aliphatic rings. The molecule has 0 aliphatic heterocycles. The summed E-state index contributed by atoms with van der Waals surface area (Å²) >= 11 is 0. The molecule has 0 heterocycles. The van der Waals surface area contributed by atoms with Crippen LogP contribution in [-0.2, 0) is 11.3 Å². The molecule has 0 spiro atoms. The van der Waals surface area contributed by atoms with E-state index >= 15 is 0 Å². The highest BCUT2D eigenvalue weighted by molar-refractivity contribution is 5.90. The van der Waals surface area contributed by atoms with Crippen molar-refractivity contribution in [3.05, 3.63) is 59.7 Å². The molecule has 118 valence electrons. The summed E-state index contributed by atoms with van der Waals surface area (Å²) < 4.78 is 15.9. The van der Waals surface area contributed by atoms with E-state index in [1.165, 1.54) is 20.1 Å². The molecule has 0 N–H and O–H groups in total. The smallest absolute Gasteiger partial charge is 0.339 e. The zero-order chi connectivity index (χ0) is 16.7. The Morgan fingerprint density at radius 1 is 1.17 bits per heavy atom. The van der Waals surface area contributed by atoms with Gasteiger partial charge in [0.1, 0.15) is 12.7 Å². The number of nitrogens with zero attached hydrogens (tertiary/aromatic N) is 1. The van der Waals surface area contributed by atoms with Crippen molar-refractivity contribution in [2.24, 2.45) is 0 Å². The number of hydrogen-bond acceptors (Lipinski definition) is 5. The van der Waals surface area contributed by atoms with E-state index < -0.39 is 12.1 Å².